The first-order valence-electron chi connectivity index (χ1n) is 35.2. The van der Waals surface area contributed by atoms with Crippen molar-refractivity contribution >= 4 is 145 Å². The van der Waals surface area contributed by atoms with Gasteiger partial charge in [-0.25, -0.2) is 44.5 Å². The minimum atomic E-state index is -3.57. The Kier molecular flexibility index (Phi) is 29.3. The fourth-order valence-electron chi connectivity index (χ4n) is 11.2. The quantitative estimate of drug-likeness (QED) is 0.00930. The molecule has 582 valence electrons. The summed E-state index contributed by atoms with van der Waals surface area (Å²) in [5.74, 6) is -3.78. The van der Waals surface area contributed by atoms with E-state index >= 15 is 9.59 Å². The Morgan fingerprint density at radius 1 is 0.514 bits per heavy atom. The predicted octanol–water partition coefficient (Wildman–Crippen LogP) is 11.3. The van der Waals surface area contributed by atoms with Crippen LogP contribution in [0.25, 0.3) is 54.8 Å². The molecule has 0 bridgehead atoms. The monoisotopic (exact) mass is 1640 g/mol. The van der Waals surface area contributed by atoms with E-state index in [1.807, 2.05) is 105 Å². The fourth-order valence-corrected chi connectivity index (χ4v) is 20.4. The van der Waals surface area contributed by atoms with E-state index in [9.17, 15) is 24.0 Å². The molecule has 6 N–H and O–H groups in total. The molecule has 0 aliphatic heterocycles. The molecule has 3 aromatic carbocycles. The Hall–Kier alpha value is -9.82. The average molecular weight is 1640 g/mol. The minimum Gasteiger partial charge on any atom is -0.461 e. The molecule has 0 aliphatic rings. The number of nitrogens with one attached hydrogen (secondary N) is 6. The van der Waals surface area contributed by atoms with Gasteiger partial charge in [-0.05, 0) is 95.9 Å². The molecule has 10 rings (SSSR count). The van der Waals surface area contributed by atoms with Crippen molar-refractivity contribution in [3.05, 3.63) is 185 Å². The summed E-state index contributed by atoms with van der Waals surface area (Å²) in [7, 11) is -0.636. The molecule has 0 unspecified atom stereocenters. The van der Waals surface area contributed by atoms with Crippen LogP contribution in [0.15, 0.2) is 148 Å². The third kappa shape index (κ3) is 21.2. The van der Waals surface area contributed by atoms with Gasteiger partial charge >= 0.3 is 12.1 Å². The summed E-state index contributed by atoms with van der Waals surface area (Å²) in [5, 5.41) is 32.4. The van der Waals surface area contributed by atoms with Crippen LogP contribution < -0.4 is 47.5 Å². The topological polar surface area (TPSA) is 347 Å². The highest BCUT2D eigenvalue weighted by Crippen LogP contribution is 2.38. The summed E-state index contributed by atoms with van der Waals surface area (Å²) in [5.41, 5.74) is 2.03. The van der Waals surface area contributed by atoms with Crippen LogP contribution in [0.5, 0.6) is 0 Å². The zero-order valence-electron chi connectivity index (χ0n) is 63.1. The SMILES string of the molecule is C/C=C(\NC(=O)[C@@H](NC(=O)c1csc(-c2ccc(-c3nc(-c4nc(C(=O)N[C@H](C(=O)NC[C@H](C)OCOC)[C@@H](C)OCOC)cs4)cs3)nc2-c2csc(/C(=C\C)NC(=O)c3csc([C@H](NC(=O)OC(C)(C)C)C(C)C)n3)n2)n1)[C@@H](C)O[Si](c1ccccc1)(c1ccccc1)c1ccccc1)c1nc(C(=O)OCC)cs1. The van der Waals surface area contributed by atoms with Gasteiger partial charge in [0.25, 0.3) is 26.0 Å². The summed E-state index contributed by atoms with van der Waals surface area (Å²) in [4.78, 5) is 132. The van der Waals surface area contributed by atoms with Crippen molar-refractivity contribution in [2.24, 2.45) is 5.92 Å². The number of hydrogen-bond acceptors (Lipinski definition) is 27. The van der Waals surface area contributed by atoms with E-state index in [0.717, 1.165) is 38.2 Å². The Balaban J connectivity index is 0.985. The molecule has 0 saturated carbocycles. The molecule has 34 heteroatoms. The zero-order chi connectivity index (χ0) is 79.5. The summed E-state index contributed by atoms with van der Waals surface area (Å²) < 4.78 is 39.6. The van der Waals surface area contributed by atoms with Crippen LogP contribution >= 0.6 is 68.0 Å². The number of rotatable bonds is 35. The van der Waals surface area contributed by atoms with Crippen LogP contribution in [0.4, 0.5) is 4.79 Å². The smallest absolute Gasteiger partial charge is 0.408 e. The van der Waals surface area contributed by atoms with Crippen molar-refractivity contribution in [3.63, 3.8) is 0 Å². The second kappa shape index (κ2) is 38.9. The standard InChI is InChI=1S/C77H85N13O14S6Si/c1-14-51(80-64(91)55-38-110-74(85-55)60(43(4)5)90-76(97)103-77(9,10)11)70-82-54(35-106-70)63-50(32-33-53(79-63)72-86-58(39-108-72)73-84-57(37-107-73)66(93)88-61(45(7)102-42-99-13)67(94)78-34-44(6)101-41-98-12)69-83-56(36-105-69)65(92)89-62(68(95)81-52(15-2)71-87-59(40-109-71)75(96)100-16-3)46(8)104-111(47-26-20-17-21-27-47,48-28-22-18-23-29-48)49-30-24-19-25-31-49/h14-15,17-33,35-40,43-46,60-62H,16,34,41-42H2,1-13H3,(H,78,94)(H,80,91)(H,81,95)(H,88,93)(H,89,92)(H,90,97)/b51-14+,52-15-/t44-,45+,46+,60+,61-,62-/m0/s1. The normalized spacial score (nSPS) is 13.6. The second-order valence-corrected chi connectivity index (χ2v) is 34.7. The first-order valence-corrected chi connectivity index (χ1v) is 42.4. The van der Waals surface area contributed by atoms with E-state index in [1.165, 1.54) is 59.6 Å². The number of amides is 6. The van der Waals surface area contributed by atoms with Crippen LogP contribution in [0.2, 0.25) is 0 Å². The number of benzene rings is 3. The number of hydrogen-bond donors (Lipinski definition) is 6. The van der Waals surface area contributed by atoms with E-state index in [4.69, 9.17) is 52.8 Å². The lowest BCUT2D eigenvalue weighted by atomic mass is 10.1. The van der Waals surface area contributed by atoms with Gasteiger partial charge in [-0.3, -0.25) is 24.0 Å². The van der Waals surface area contributed by atoms with Gasteiger partial charge in [-0.2, -0.15) is 0 Å². The molecule has 0 radical (unpaired) electrons. The van der Waals surface area contributed by atoms with Crippen LogP contribution in [0.1, 0.15) is 139 Å². The molecule has 10 aromatic rings. The Labute approximate surface area is 667 Å². The van der Waals surface area contributed by atoms with Crippen molar-refractivity contribution in [3.8, 4) is 43.4 Å². The largest absolute Gasteiger partial charge is 0.461 e. The molecule has 0 saturated heterocycles. The fraction of sp³-hybridized carbons (Fsp3) is 0.325. The molecule has 0 aliphatic carbocycles. The average Bonchev–Trinajstić information content (AvgIpc) is 1.39. The number of alkyl carbamates (subject to hydrolysis) is 1. The minimum absolute atomic E-state index is 0.0279. The molecule has 0 spiro atoms. The van der Waals surface area contributed by atoms with Gasteiger partial charge in [-0.15, -0.1) is 68.0 Å². The summed E-state index contributed by atoms with van der Waals surface area (Å²) in [6.45, 7) is 19.6. The summed E-state index contributed by atoms with van der Waals surface area (Å²) in [6, 6.07) is 29.9. The Morgan fingerprint density at radius 2 is 1.04 bits per heavy atom. The van der Waals surface area contributed by atoms with Gasteiger partial charge < -0.3 is 64.7 Å². The van der Waals surface area contributed by atoms with Crippen LogP contribution in [-0.2, 0) is 42.4 Å². The number of esters is 1. The number of pyridine rings is 1. The third-order valence-corrected chi connectivity index (χ3v) is 26.1. The Bertz CT molecular complexity index is 4830. The lowest BCUT2D eigenvalue weighted by Crippen LogP contribution is -2.71. The van der Waals surface area contributed by atoms with Crippen molar-refractivity contribution < 1.29 is 66.4 Å². The molecule has 6 atom stereocenters. The van der Waals surface area contributed by atoms with Gasteiger partial charge in [0, 0.05) is 58.6 Å². The highest BCUT2D eigenvalue weighted by Gasteiger charge is 2.46. The van der Waals surface area contributed by atoms with Gasteiger partial charge in [0.05, 0.1) is 48.0 Å². The molecule has 0 fully saturated rings. The maximum Gasteiger partial charge on any atom is 0.408 e. The zero-order valence-corrected chi connectivity index (χ0v) is 69.0. The van der Waals surface area contributed by atoms with Crippen molar-refractivity contribution in [1.29, 1.82) is 0 Å². The van der Waals surface area contributed by atoms with E-state index < -0.39 is 92.0 Å². The number of carbonyl (C=O) groups is 7. The van der Waals surface area contributed by atoms with E-state index in [0.29, 0.717) is 64.1 Å². The highest BCUT2D eigenvalue weighted by molar-refractivity contribution is 7.15. The van der Waals surface area contributed by atoms with Gasteiger partial charge in [0.2, 0.25) is 11.8 Å². The first-order chi connectivity index (χ1) is 53.3. The van der Waals surface area contributed by atoms with Crippen molar-refractivity contribution in [1.82, 2.24) is 66.8 Å². The highest BCUT2D eigenvalue weighted by atomic mass is 32.1. The molecular formula is C77H85N13O14S6Si. The lowest BCUT2D eigenvalue weighted by Gasteiger charge is -2.38. The number of allylic oxidation sites excluding steroid dienone is 2. The molecule has 27 nitrogen and oxygen atoms in total. The van der Waals surface area contributed by atoms with Crippen molar-refractivity contribution in [2.45, 2.75) is 118 Å². The number of thiazole rings is 6. The Morgan fingerprint density at radius 3 is 1.63 bits per heavy atom. The van der Waals surface area contributed by atoms with Crippen LogP contribution in [0, 0.1) is 5.92 Å². The van der Waals surface area contributed by atoms with Crippen LogP contribution in [-0.4, -0.2) is 162 Å². The van der Waals surface area contributed by atoms with Crippen LogP contribution in [0.3, 0.4) is 0 Å². The van der Waals surface area contributed by atoms with Gasteiger partial charge in [0.15, 0.2) is 5.69 Å². The molecule has 7 heterocycles. The molecule has 111 heavy (non-hydrogen) atoms. The van der Waals surface area contributed by atoms with Gasteiger partial charge in [-0.1, -0.05) is 117 Å². The number of nitrogens with zero attached hydrogens (tertiary/aromatic N) is 7. The number of ether oxygens (including phenoxy) is 6. The van der Waals surface area contributed by atoms with E-state index in [-0.39, 0.29) is 61.1 Å². The summed E-state index contributed by atoms with van der Waals surface area (Å²) in [6.07, 6.45) is 0.474. The molecule has 6 amide bonds. The number of carbonyl (C=O) groups excluding carboxylic acids is 7. The number of aromatic nitrogens is 7. The number of methoxy groups -OCH3 is 2. The van der Waals surface area contributed by atoms with Gasteiger partial charge in [0.1, 0.15) is 95.5 Å². The van der Waals surface area contributed by atoms with E-state index in [2.05, 4.69) is 46.9 Å². The lowest BCUT2D eigenvalue weighted by molar-refractivity contribution is -0.132. The molecular weight excluding hydrogens is 1550 g/mol. The molecule has 7 aromatic heterocycles. The summed E-state index contributed by atoms with van der Waals surface area (Å²) >= 11 is 7.18. The first kappa shape index (κ1) is 83.6. The van der Waals surface area contributed by atoms with E-state index in [1.54, 1.807) is 119 Å². The third-order valence-electron chi connectivity index (χ3n) is 16.6. The van der Waals surface area contributed by atoms with Crippen molar-refractivity contribution in [2.75, 3.05) is 41.0 Å². The second-order valence-electron chi connectivity index (χ2n) is 26.2. The maximum atomic E-state index is 15.3. The maximum absolute atomic E-state index is 15.3. The predicted molar refractivity (Wildman–Crippen MR) is 434 cm³/mol.